The van der Waals surface area contributed by atoms with Crippen LogP contribution in [-0.4, -0.2) is 104 Å². The molecule has 214 valence electrons. The van der Waals surface area contributed by atoms with Crippen LogP contribution in [0.15, 0.2) is 23.8 Å². The Morgan fingerprint density at radius 3 is 2.55 bits per heavy atom. The van der Waals surface area contributed by atoms with E-state index in [1.807, 2.05) is 29.5 Å². The quantitative estimate of drug-likeness (QED) is 0.152. The van der Waals surface area contributed by atoms with Gasteiger partial charge in [-0.2, -0.15) is 0 Å². The van der Waals surface area contributed by atoms with Gasteiger partial charge in [-0.1, -0.05) is 0 Å². The molecule has 0 fully saturated rings. The van der Waals surface area contributed by atoms with Gasteiger partial charge in [0.2, 0.25) is 11.8 Å². The highest BCUT2D eigenvalue weighted by Gasteiger charge is 2.40. The highest BCUT2D eigenvalue weighted by atomic mass is 127. The molecule has 1 aliphatic rings. The predicted octanol–water partition coefficient (Wildman–Crippen LogP) is 0.999. The Kier molecular flexibility index (Phi) is 14.3. The summed E-state index contributed by atoms with van der Waals surface area (Å²) in [4.78, 5) is 27.6. The summed E-state index contributed by atoms with van der Waals surface area (Å²) in [5.41, 5.74) is 0.945. The summed E-state index contributed by atoms with van der Waals surface area (Å²) in [6.07, 6.45) is -0.0257. The molecule has 12 heteroatoms. The van der Waals surface area contributed by atoms with Gasteiger partial charge in [0.15, 0.2) is 11.5 Å². The predicted molar refractivity (Wildman–Crippen MR) is 148 cm³/mol. The number of benzene rings is 1. The molecule has 2 rings (SSSR count). The smallest absolute Gasteiger partial charge is 0.248 e. The summed E-state index contributed by atoms with van der Waals surface area (Å²) < 4.78 is 23.1. The molecule has 1 aliphatic carbocycles. The second kappa shape index (κ2) is 16.9. The molecule has 0 heterocycles. The fourth-order valence-corrected chi connectivity index (χ4v) is 4.92. The minimum atomic E-state index is -1.18. The van der Waals surface area contributed by atoms with Crippen LogP contribution in [0.3, 0.4) is 0 Å². The van der Waals surface area contributed by atoms with Crippen molar-refractivity contribution in [2.45, 2.75) is 51.5 Å². The van der Waals surface area contributed by atoms with E-state index >= 15 is 0 Å². The van der Waals surface area contributed by atoms with Gasteiger partial charge in [0, 0.05) is 44.9 Å². The molecular weight excluding hydrogens is 611 g/mol. The summed E-state index contributed by atoms with van der Waals surface area (Å²) >= 11 is 2.05. The van der Waals surface area contributed by atoms with Crippen LogP contribution in [0.5, 0.6) is 11.5 Å². The van der Waals surface area contributed by atoms with Crippen molar-refractivity contribution < 1.29 is 43.9 Å². The van der Waals surface area contributed by atoms with Gasteiger partial charge in [-0.05, 0) is 66.6 Å². The molecule has 2 amide bonds. The topological polar surface area (TPSA) is 147 Å². The van der Waals surface area contributed by atoms with Gasteiger partial charge in [0.1, 0.15) is 18.8 Å². The third-order valence-corrected chi connectivity index (χ3v) is 6.78. The van der Waals surface area contributed by atoms with Gasteiger partial charge in [0.25, 0.3) is 0 Å². The number of hydrogen-bond acceptors (Lipinski definition) is 9. The minimum absolute atomic E-state index is 0.0601. The molecule has 0 bridgehead atoms. The first-order valence-corrected chi connectivity index (χ1v) is 13.8. The Labute approximate surface area is 237 Å². The molecule has 4 N–H and O–H groups in total. The van der Waals surface area contributed by atoms with Crippen molar-refractivity contribution in [1.29, 1.82) is 0 Å². The molecule has 0 aromatic heterocycles. The van der Waals surface area contributed by atoms with Gasteiger partial charge in [0.05, 0.1) is 29.9 Å². The second-order valence-corrected chi connectivity index (χ2v) is 9.72. The standard InChI is InChI=1S/C26H39IN2O9/c1-4-36-10-6-8-29(23(32)16-37-5-2)20-13-18(26(34)28-7-9-30)14-21(24(20)33)38-25-19(27)11-17(15-31)12-22(25)35-3/h11-12,14,20-21,24,30-31,33H,4-10,13,15-16H2,1-3H3,(H,28,34). The van der Waals surface area contributed by atoms with Gasteiger partial charge < -0.3 is 44.5 Å². The van der Waals surface area contributed by atoms with Crippen molar-refractivity contribution in [2.24, 2.45) is 0 Å². The molecule has 11 nitrogen and oxygen atoms in total. The van der Waals surface area contributed by atoms with Gasteiger partial charge in [-0.25, -0.2) is 0 Å². The zero-order valence-electron chi connectivity index (χ0n) is 22.2. The maximum absolute atomic E-state index is 13.2. The van der Waals surface area contributed by atoms with Crippen molar-refractivity contribution in [1.82, 2.24) is 10.2 Å². The number of methoxy groups -OCH3 is 1. The number of amides is 2. The van der Waals surface area contributed by atoms with E-state index in [1.54, 1.807) is 19.1 Å². The van der Waals surface area contributed by atoms with Crippen LogP contribution in [0.1, 0.15) is 32.3 Å². The van der Waals surface area contributed by atoms with Crippen molar-refractivity contribution in [3.63, 3.8) is 0 Å². The number of carbonyl (C=O) groups excluding carboxylic acids is 2. The van der Waals surface area contributed by atoms with Crippen LogP contribution in [0, 0.1) is 3.57 Å². The summed E-state index contributed by atoms with van der Waals surface area (Å²) in [5, 5.41) is 32.8. The summed E-state index contributed by atoms with van der Waals surface area (Å²) in [5.74, 6) is -0.0446. The normalized spacial score (nSPS) is 19.0. The summed E-state index contributed by atoms with van der Waals surface area (Å²) in [6, 6.07) is 2.58. The lowest BCUT2D eigenvalue weighted by molar-refractivity contribution is -0.143. The molecular formula is C26H39IN2O9. The Morgan fingerprint density at radius 2 is 1.92 bits per heavy atom. The number of hydrogen-bond donors (Lipinski definition) is 4. The molecule has 3 unspecified atom stereocenters. The monoisotopic (exact) mass is 650 g/mol. The van der Waals surface area contributed by atoms with Crippen molar-refractivity contribution in [3.8, 4) is 11.5 Å². The summed E-state index contributed by atoms with van der Waals surface area (Å²) in [7, 11) is 1.47. The molecule has 0 radical (unpaired) electrons. The largest absolute Gasteiger partial charge is 0.493 e. The SMILES string of the molecule is CCOCCCN(C(=O)COCC)C1CC(C(=O)NCCO)=CC(Oc2c(I)cc(CO)cc2OC)C1O. The Balaban J connectivity index is 2.45. The van der Waals surface area contributed by atoms with E-state index in [-0.39, 0.29) is 45.2 Å². The molecule has 1 aromatic rings. The van der Waals surface area contributed by atoms with Crippen molar-refractivity contribution >= 4 is 34.4 Å². The van der Waals surface area contributed by atoms with E-state index in [0.29, 0.717) is 52.4 Å². The van der Waals surface area contributed by atoms with Crippen LogP contribution in [-0.2, 0) is 25.7 Å². The molecule has 1 aromatic carbocycles. The third-order valence-electron chi connectivity index (χ3n) is 5.98. The Morgan fingerprint density at radius 1 is 1.18 bits per heavy atom. The zero-order valence-corrected chi connectivity index (χ0v) is 24.3. The molecule has 0 spiro atoms. The van der Waals surface area contributed by atoms with E-state index in [4.69, 9.17) is 24.1 Å². The number of halogens is 1. The second-order valence-electron chi connectivity index (χ2n) is 8.56. The molecule has 0 saturated heterocycles. The Hall–Kier alpha value is -1.97. The van der Waals surface area contributed by atoms with Gasteiger partial charge >= 0.3 is 0 Å². The van der Waals surface area contributed by atoms with Crippen LogP contribution in [0.2, 0.25) is 0 Å². The first-order chi connectivity index (χ1) is 18.3. The maximum atomic E-state index is 13.2. The third kappa shape index (κ3) is 9.06. The van der Waals surface area contributed by atoms with Gasteiger partial charge in [-0.15, -0.1) is 0 Å². The fraction of sp³-hybridized carbons (Fsp3) is 0.615. The molecule has 0 aliphatic heterocycles. The van der Waals surface area contributed by atoms with Crippen LogP contribution < -0.4 is 14.8 Å². The fourth-order valence-electron chi connectivity index (χ4n) is 4.12. The number of nitrogens with one attached hydrogen (secondary N) is 1. The van der Waals surface area contributed by atoms with Crippen molar-refractivity contribution in [3.05, 3.63) is 32.9 Å². The zero-order chi connectivity index (χ0) is 28.1. The number of nitrogens with zero attached hydrogens (tertiary/aromatic N) is 1. The number of ether oxygens (including phenoxy) is 4. The van der Waals surface area contributed by atoms with E-state index in [2.05, 4.69) is 5.32 Å². The Bertz CT molecular complexity index is 944. The van der Waals surface area contributed by atoms with Gasteiger partial charge in [-0.3, -0.25) is 9.59 Å². The van der Waals surface area contributed by atoms with E-state index in [0.717, 1.165) is 0 Å². The van der Waals surface area contributed by atoms with E-state index in [9.17, 15) is 19.8 Å². The number of aliphatic hydroxyl groups is 3. The lowest BCUT2D eigenvalue weighted by Gasteiger charge is -2.40. The lowest BCUT2D eigenvalue weighted by atomic mass is 9.88. The van der Waals surface area contributed by atoms with Crippen molar-refractivity contribution in [2.75, 3.05) is 53.2 Å². The lowest BCUT2D eigenvalue weighted by Crippen LogP contribution is -2.56. The number of carbonyl (C=O) groups is 2. The molecule has 3 atom stereocenters. The minimum Gasteiger partial charge on any atom is -0.493 e. The average molecular weight is 651 g/mol. The van der Waals surface area contributed by atoms with Crippen LogP contribution in [0.25, 0.3) is 0 Å². The highest BCUT2D eigenvalue weighted by Crippen LogP contribution is 2.37. The van der Waals surface area contributed by atoms with E-state index < -0.39 is 24.2 Å². The summed E-state index contributed by atoms with van der Waals surface area (Å²) in [6.45, 7) is 4.78. The number of rotatable bonds is 16. The first kappa shape index (κ1) is 32.2. The van der Waals surface area contributed by atoms with Crippen LogP contribution in [0.4, 0.5) is 0 Å². The average Bonchev–Trinajstić information content (AvgIpc) is 2.92. The van der Waals surface area contributed by atoms with Crippen LogP contribution >= 0.6 is 22.6 Å². The molecule has 0 saturated carbocycles. The highest BCUT2D eigenvalue weighted by molar-refractivity contribution is 14.1. The molecule has 38 heavy (non-hydrogen) atoms. The van der Waals surface area contributed by atoms with E-state index in [1.165, 1.54) is 18.1 Å². The number of aliphatic hydroxyl groups excluding tert-OH is 3. The maximum Gasteiger partial charge on any atom is 0.248 e. The first-order valence-electron chi connectivity index (χ1n) is 12.7.